The van der Waals surface area contributed by atoms with Crippen molar-refractivity contribution in [1.82, 2.24) is 15.3 Å². The Hall–Kier alpha value is -2.82. The zero-order valence-electron chi connectivity index (χ0n) is 17.9. The number of guanidine groups is 1. The molecule has 9 nitrogen and oxygen atoms in total. The molecule has 0 amide bonds. The van der Waals surface area contributed by atoms with Crippen LogP contribution in [0.15, 0.2) is 35.3 Å². The van der Waals surface area contributed by atoms with E-state index < -0.39 is 6.29 Å². The summed E-state index contributed by atoms with van der Waals surface area (Å²) in [6.07, 6.45) is -0.489. The van der Waals surface area contributed by atoms with Crippen LogP contribution in [-0.2, 0) is 9.47 Å². The Bertz CT molecular complexity index is 836. The van der Waals surface area contributed by atoms with Crippen LogP contribution in [0.5, 0.6) is 5.75 Å². The molecule has 0 spiro atoms. The third-order valence-electron chi connectivity index (χ3n) is 3.79. The maximum atomic E-state index is 5.45. The highest BCUT2D eigenvalue weighted by molar-refractivity contribution is 7.80. The molecule has 162 valence electrons. The van der Waals surface area contributed by atoms with Gasteiger partial charge in [0.15, 0.2) is 11.4 Å². The van der Waals surface area contributed by atoms with E-state index in [0.717, 1.165) is 22.8 Å². The molecule has 0 fully saturated rings. The number of nitrogens with zero attached hydrogens (tertiary/aromatic N) is 3. The second-order valence-electron chi connectivity index (χ2n) is 6.23. The summed E-state index contributed by atoms with van der Waals surface area (Å²) in [5.41, 5.74) is 2.49. The van der Waals surface area contributed by atoms with Crippen LogP contribution in [-0.4, -0.2) is 54.7 Å². The normalized spacial score (nSPS) is 11.3. The molecule has 3 N–H and O–H groups in total. The molecular weight excluding hydrogens is 404 g/mol. The number of thiocarbonyl (C=S) groups is 1. The predicted molar refractivity (Wildman–Crippen MR) is 122 cm³/mol. The number of aromatic nitrogens is 2. The topological polar surface area (TPSA) is 102 Å². The molecule has 2 aromatic rings. The summed E-state index contributed by atoms with van der Waals surface area (Å²) in [4.78, 5) is 13.2. The van der Waals surface area contributed by atoms with Gasteiger partial charge < -0.3 is 24.8 Å². The van der Waals surface area contributed by atoms with Gasteiger partial charge in [-0.3, -0.25) is 5.32 Å². The molecule has 0 aliphatic heterocycles. The maximum absolute atomic E-state index is 5.45. The first-order valence-corrected chi connectivity index (χ1v) is 9.84. The average molecular weight is 433 g/mol. The first-order chi connectivity index (χ1) is 14.4. The summed E-state index contributed by atoms with van der Waals surface area (Å²) in [7, 11) is 3.10. The van der Waals surface area contributed by atoms with Crippen LogP contribution >= 0.6 is 12.2 Å². The first kappa shape index (κ1) is 23.5. The van der Waals surface area contributed by atoms with Crippen molar-refractivity contribution in [2.45, 2.75) is 27.1 Å². The zero-order valence-corrected chi connectivity index (χ0v) is 18.7. The summed E-state index contributed by atoms with van der Waals surface area (Å²) < 4.78 is 15.8. The van der Waals surface area contributed by atoms with Gasteiger partial charge in [-0.15, -0.1) is 0 Å². The quantitative estimate of drug-likeness (QED) is 0.251. The predicted octanol–water partition coefficient (Wildman–Crippen LogP) is 2.87. The van der Waals surface area contributed by atoms with E-state index in [1.54, 1.807) is 14.2 Å². The van der Waals surface area contributed by atoms with E-state index in [0.29, 0.717) is 23.6 Å². The molecule has 0 saturated carbocycles. The Kier molecular flexibility index (Phi) is 9.39. The highest BCUT2D eigenvalue weighted by Crippen LogP contribution is 2.15. The number of anilines is 2. The minimum atomic E-state index is -0.489. The summed E-state index contributed by atoms with van der Waals surface area (Å²) in [6.45, 7) is 6.60. The van der Waals surface area contributed by atoms with Crippen LogP contribution in [0.4, 0.5) is 11.6 Å². The van der Waals surface area contributed by atoms with E-state index in [9.17, 15) is 0 Å². The number of nitrogens with one attached hydrogen (secondary N) is 3. The van der Waals surface area contributed by atoms with Gasteiger partial charge in [0.1, 0.15) is 5.75 Å². The second kappa shape index (κ2) is 12.0. The molecular formula is C20H28N6O3S. The van der Waals surface area contributed by atoms with Crippen LogP contribution in [0.1, 0.15) is 18.3 Å². The zero-order chi connectivity index (χ0) is 21.9. The van der Waals surface area contributed by atoms with Crippen molar-refractivity contribution < 1.29 is 14.2 Å². The van der Waals surface area contributed by atoms with Gasteiger partial charge in [0.25, 0.3) is 0 Å². The largest absolute Gasteiger partial charge is 0.494 e. The Balaban J connectivity index is 2.10. The fraction of sp³-hybridized carbons (Fsp3) is 0.400. The number of hydrogen-bond acceptors (Lipinski definition) is 7. The SMILES string of the molecule is CCOc1ccc(NC(=S)NC(=NCC(OC)OC)Nc2nc(C)cc(C)n2)cc1. The van der Waals surface area contributed by atoms with Crippen molar-refractivity contribution in [1.29, 1.82) is 0 Å². The van der Waals surface area contributed by atoms with Gasteiger partial charge in [0, 0.05) is 31.3 Å². The van der Waals surface area contributed by atoms with E-state index in [4.69, 9.17) is 26.4 Å². The van der Waals surface area contributed by atoms with Crippen molar-refractivity contribution in [2.75, 3.05) is 38.0 Å². The van der Waals surface area contributed by atoms with E-state index >= 15 is 0 Å². The van der Waals surface area contributed by atoms with Crippen molar-refractivity contribution in [3.8, 4) is 5.75 Å². The molecule has 0 atom stereocenters. The Morgan fingerprint density at radius 2 is 1.70 bits per heavy atom. The molecule has 0 aliphatic carbocycles. The molecule has 0 unspecified atom stereocenters. The molecule has 1 aromatic heterocycles. The fourth-order valence-corrected chi connectivity index (χ4v) is 2.69. The van der Waals surface area contributed by atoms with Gasteiger partial charge in [-0.1, -0.05) is 0 Å². The molecule has 0 saturated heterocycles. The number of aryl methyl sites for hydroxylation is 2. The number of benzene rings is 1. The lowest BCUT2D eigenvalue weighted by atomic mass is 10.3. The summed E-state index contributed by atoms with van der Waals surface area (Å²) in [5.74, 6) is 1.57. The lowest BCUT2D eigenvalue weighted by Gasteiger charge is -2.16. The van der Waals surface area contributed by atoms with Crippen LogP contribution in [0.25, 0.3) is 0 Å². The lowest BCUT2D eigenvalue weighted by Crippen LogP contribution is -2.39. The average Bonchev–Trinajstić information content (AvgIpc) is 2.69. The molecule has 0 bridgehead atoms. The smallest absolute Gasteiger partial charge is 0.229 e. The van der Waals surface area contributed by atoms with Crippen LogP contribution in [0.2, 0.25) is 0 Å². The Morgan fingerprint density at radius 1 is 1.07 bits per heavy atom. The molecule has 10 heteroatoms. The molecule has 2 rings (SSSR count). The van der Waals surface area contributed by atoms with Crippen LogP contribution < -0.4 is 20.7 Å². The first-order valence-electron chi connectivity index (χ1n) is 9.43. The highest BCUT2D eigenvalue weighted by Gasteiger charge is 2.10. The van der Waals surface area contributed by atoms with Crippen LogP contribution in [0, 0.1) is 13.8 Å². The minimum Gasteiger partial charge on any atom is -0.494 e. The van der Waals surface area contributed by atoms with Gasteiger partial charge in [0.05, 0.1) is 13.2 Å². The van der Waals surface area contributed by atoms with Crippen molar-refractivity contribution in [3.63, 3.8) is 0 Å². The maximum Gasteiger partial charge on any atom is 0.229 e. The third kappa shape index (κ3) is 7.90. The molecule has 0 aliphatic rings. The number of aliphatic imine (C=N–C) groups is 1. The Morgan fingerprint density at radius 3 is 2.27 bits per heavy atom. The van der Waals surface area contributed by atoms with E-state index in [-0.39, 0.29) is 6.54 Å². The van der Waals surface area contributed by atoms with Crippen molar-refractivity contribution in [3.05, 3.63) is 41.7 Å². The number of ether oxygens (including phenoxy) is 3. The second-order valence-corrected chi connectivity index (χ2v) is 6.63. The monoisotopic (exact) mass is 432 g/mol. The highest BCUT2D eigenvalue weighted by atomic mass is 32.1. The number of methoxy groups -OCH3 is 2. The van der Waals surface area contributed by atoms with Crippen LogP contribution in [0.3, 0.4) is 0 Å². The fourth-order valence-electron chi connectivity index (χ4n) is 2.48. The minimum absolute atomic E-state index is 0.249. The van der Waals surface area contributed by atoms with E-state index in [1.165, 1.54) is 0 Å². The van der Waals surface area contributed by atoms with E-state index in [2.05, 4.69) is 30.9 Å². The van der Waals surface area contributed by atoms with E-state index in [1.807, 2.05) is 51.1 Å². The third-order valence-corrected chi connectivity index (χ3v) is 4.00. The van der Waals surface area contributed by atoms with Gasteiger partial charge >= 0.3 is 0 Å². The summed E-state index contributed by atoms with van der Waals surface area (Å²) >= 11 is 5.42. The number of rotatable bonds is 8. The Labute approximate surface area is 182 Å². The summed E-state index contributed by atoms with van der Waals surface area (Å²) in [6, 6.07) is 9.38. The number of hydrogen-bond donors (Lipinski definition) is 3. The van der Waals surface area contributed by atoms with Gasteiger partial charge in [-0.2, -0.15) is 0 Å². The summed E-state index contributed by atoms with van der Waals surface area (Å²) in [5, 5.41) is 9.55. The van der Waals surface area contributed by atoms with Gasteiger partial charge in [-0.05, 0) is 63.3 Å². The molecule has 1 heterocycles. The van der Waals surface area contributed by atoms with Crippen molar-refractivity contribution in [2.24, 2.45) is 4.99 Å². The standard InChI is InChI=1S/C20H28N6O3S/c1-6-29-16-9-7-15(8-10-16)24-20(30)26-18(21-12-17(27-4)28-5)25-19-22-13(2)11-14(3)23-19/h7-11,17H,6,12H2,1-5H3,(H3,21,22,23,24,25,26,30). The van der Waals surface area contributed by atoms with Crippen molar-refractivity contribution >= 4 is 34.9 Å². The lowest BCUT2D eigenvalue weighted by molar-refractivity contribution is -0.0937. The van der Waals surface area contributed by atoms with Gasteiger partial charge in [-0.25, -0.2) is 15.0 Å². The van der Waals surface area contributed by atoms with Gasteiger partial charge in [0.2, 0.25) is 11.9 Å². The molecule has 30 heavy (non-hydrogen) atoms. The molecule has 1 aromatic carbocycles. The molecule has 0 radical (unpaired) electrons.